The van der Waals surface area contributed by atoms with E-state index < -0.39 is 67.4 Å². The molecule has 2 N–H and O–H groups in total. The zero-order valence-electron chi connectivity index (χ0n) is 21.5. The quantitative estimate of drug-likeness (QED) is 0.359. The maximum Gasteiger partial charge on any atom is 0.426 e. The predicted molar refractivity (Wildman–Crippen MR) is 133 cm³/mol. The van der Waals surface area contributed by atoms with E-state index in [2.05, 4.69) is 5.32 Å². The number of nitrogens with one attached hydrogen (secondary N) is 1. The maximum absolute atomic E-state index is 14.8. The van der Waals surface area contributed by atoms with Crippen molar-refractivity contribution in [2.75, 3.05) is 0 Å². The minimum atomic E-state index is -5.19. The monoisotopic (exact) mass is 585 g/mol. The Labute approximate surface area is 227 Å². The van der Waals surface area contributed by atoms with Gasteiger partial charge in [0.05, 0.1) is 10.8 Å². The van der Waals surface area contributed by atoms with E-state index in [1.54, 1.807) is 0 Å². The zero-order chi connectivity index (χ0) is 29.3. The van der Waals surface area contributed by atoms with Gasteiger partial charge in [-0.1, -0.05) is 18.2 Å². The molecule has 2 saturated carbocycles. The third-order valence-electron chi connectivity index (χ3n) is 9.05. The summed E-state index contributed by atoms with van der Waals surface area (Å²) in [5.74, 6) is -4.07. The van der Waals surface area contributed by atoms with Gasteiger partial charge in [0.15, 0.2) is 9.84 Å². The molecule has 2 aromatic rings. The summed E-state index contributed by atoms with van der Waals surface area (Å²) < 4.78 is 95.8. The van der Waals surface area contributed by atoms with E-state index in [4.69, 9.17) is 5.11 Å². The molecule has 216 valence electrons. The number of aryl methyl sites for hydroxylation is 1. The van der Waals surface area contributed by atoms with Crippen molar-refractivity contribution in [2.45, 2.75) is 73.0 Å². The first-order valence-electron chi connectivity index (χ1n) is 13.0. The Hall–Kier alpha value is -3.02. The summed E-state index contributed by atoms with van der Waals surface area (Å²) in [6.07, 6.45) is -4.22. The number of benzene rings is 2. The normalized spacial score (nSPS) is 29.4. The van der Waals surface area contributed by atoms with Crippen LogP contribution in [0.5, 0.6) is 0 Å². The van der Waals surface area contributed by atoms with Gasteiger partial charge in [-0.05, 0) is 92.3 Å². The predicted octanol–water partition coefficient (Wildman–Crippen LogP) is 5.19. The summed E-state index contributed by atoms with van der Waals surface area (Å²) in [4.78, 5) is 24.3. The Kier molecular flexibility index (Phi) is 6.79. The topological polar surface area (TPSA) is 101 Å². The van der Waals surface area contributed by atoms with E-state index in [1.165, 1.54) is 6.07 Å². The molecule has 6 nitrogen and oxygen atoms in total. The van der Waals surface area contributed by atoms with Crippen molar-refractivity contribution in [1.29, 1.82) is 0 Å². The second-order valence-electron chi connectivity index (χ2n) is 11.2. The largest absolute Gasteiger partial charge is 0.481 e. The molecule has 0 saturated heterocycles. The van der Waals surface area contributed by atoms with Crippen molar-refractivity contribution in [2.24, 2.45) is 17.8 Å². The van der Waals surface area contributed by atoms with Crippen LogP contribution >= 0.6 is 0 Å². The number of alkyl halides is 4. The van der Waals surface area contributed by atoms with Crippen LogP contribution in [0.3, 0.4) is 0 Å². The summed E-state index contributed by atoms with van der Waals surface area (Å²) >= 11 is 0. The number of sulfone groups is 1. The molecule has 3 aliphatic carbocycles. The molecule has 0 spiro atoms. The highest BCUT2D eigenvalue weighted by atomic mass is 32.2. The second-order valence-corrected chi connectivity index (χ2v) is 13.4. The number of fused-ring (bicyclic) bond motifs is 3. The molecule has 4 atom stereocenters. The Morgan fingerprint density at radius 1 is 1.02 bits per heavy atom. The van der Waals surface area contributed by atoms with Gasteiger partial charge >= 0.3 is 12.1 Å². The third kappa shape index (κ3) is 4.29. The first-order chi connectivity index (χ1) is 18.6. The van der Waals surface area contributed by atoms with Crippen LogP contribution < -0.4 is 5.32 Å². The minimum absolute atomic E-state index is 0.0175. The first-order valence-corrected chi connectivity index (χ1v) is 14.5. The Morgan fingerprint density at radius 3 is 2.27 bits per heavy atom. The fraction of sp³-hybridized carbons (Fsp3) is 0.500. The standard InChI is InChI=1S/C28H28F5NO5S/c1-26(30,28(31,32)33)17-3-9-22-15(12-17)2-8-23-21(24(35)34-19-13-16(14-19)25(36)37)10-11-27(22,23)40(38,39)20-6-4-18(29)5-7-20/h3-7,9,12,16,19,21,23H,2,8,10-11,13-14H2,1H3,(H,34,35)(H,36,37)/t16-,19-,21-,23+,26?,27-/m1/s1. The molecule has 0 bridgehead atoms. The molecule has 2 fully saturated rings. The van der Waals surface area contributed by atoms with Crippen molar-refractivity contribution in [3.05, 3.63) is 65.0 Å². The molecule has 0 radical (unpaired) electrons. The van der Waals surface area contributed by atoms with E-state index in [0.717, 1.165) is 36.4 Å². The van der Waals surface area contributed by atoms with Crippen LogP contribution in [0.4, 0.5) is 22.0 Å². The number of aliphatic carboxylic acids is 1. The number of hydrogen-bond donors (Lipinski definition) is 2. The van der Waals surface area contributed by atoms with E-state index in [-0.39, 0.29) is 60.6 Å². The van der Waals surface area contributed by atoms with E-state index in [9.17, 15) is 40.0 Å². The molecule has 12 heteroatoms. The van der Waals surface area contributed by atoms with Gasteiger partial charge in [0.2, 0.25) is 11.6 Å². The smallest absolute Gasteiger partial charge is 0.426 e. The minimum Gasteiger partial charge on any atom is -0.481 e. The molecular formula is C28H28F5NO5S. The molecule has 5 rings (SSSR count). The number of halogens is 5. The van der Waals surface area contributed by atoms with Crippen molar-refractivity contribution < 1.29 is 45.1 Å². The fourth-order valence-corrected chi connectivity index (χ4v) is 9.16. The SMILES string of the molecule is CC(F)(c1ccc2c(c1)CC[C@H]1[C@H](C(=O)N[C@H]3C[C@H](C(=O)O)C3)CC[C@@]21S(=O)(=O)c1ccc(F)cc1)C(F)(F)F. The van der Waals surface area contributed by atoms with Crippen molar-refractivity contribution in [3.8, 4) is 0 Å². The zero-order valence-corrected chi connectivity index (χ0v) is 22.3. The Balaban J connectivity index is 1.56. The number of rotatable bonds is 6. The van der Waals surface area contributed by atoms with Gasteiger partial charge in [-0.15, -0.1) is 0 Å². The Morgan fingerprint density at radius 2 is 1.68 bits per heavy atom. The lowest BCUT2D eigenvalue weighted by molar-refractivity contribution is -0.228. The number of amides is 1. The summed E-state index contributed by atoms with van der Waals surface area (Å²) in [6.45, 7) is 0.413. The highest BCUT2D eigenvalue weighted by Gasteiger charge is 2.62. The lowest BCUT2D eigenvalue weighted by Crippen LogP contribution is -2.51. The van der Waals surface area contributed by atoms with Crippen LogP contribution in [0.1, 0.15) is 55.7 Å². The first kappa shape index (κ1) is 28.5. The summed E-state index contributed by atoms with van der Waals surface area (Å²) in [5.41, 5.74) is -3.82. The van der Waals surface area contributed by atoms with Gasteiger partial charge in [0.1, 0.15) is 10.6 Å². The molecule has 1 unspecified atom stereocenters. The van der Waals surface area contributed by atoms with Gasteiger partial charge < -0.3 is 10.4 Å². The molecule has 40 heavy (non-hydrogen) atoms. The van der Waals surface area contributed by atoms with Crippen LogP contribution in [0, 0.1) is 23.6 Å². The van der Waals surface area contributed by atoms with Crippen LogP contribution in [0.25, 0.3) is 0 Å². The molecule has 1 amide bonds. The average Bonchev–Trinajstić information content (AvgIpc) is 3.26. The summed E-state index contributed by atoms with van der Waals surface area (Å²) in [7, 11) is -4.31. The van der Waals surface area contributed by atoms with E-state index in [0.29, 0.717) is 6.92 Å². The number of carbonyl (C=O) groups excluding carboxylic acids is 1. The molecule has 3 aliphatic rings. The third-order valence-corrected chi connectivity index (χ3v) is 11.6. The number of carbonyl (C=O) groups is 2. The van der Waals surface area contributed by atoms with Gasteiger partial charge in [-0.2, -0.15) is 13.2 Å². The molecule has 0 aromatic heterocycles. The van der Waals surface area contributed by atoms with Crippen LogP contribution in [-0.4, -0.2) is 37.6 Å². The number of carboxylic acid groups (broad SMARTS) is 1. The fourth-order valence-electron chi connectivity index (χ4n) is 6.69. The summed E-state index contributed by atoms with van der Waals surface area (Å²) in [6, 6.07) is 7.13. The van der Waals surface area contributed by atoms with Gasteiger partial charge in [0.25, 0.3) is 0 Å². The Bertz CT molecular complexity index is 1450. The van der Waals surface area contributed by atoms with Gasteiger partial charge in [0, 0.05) is 12.0 Å². The average molecular weight is 586 g/mol. The lowest BCUT2D eigenvalue weighted by Gasteiger charge is -2.43. The molecule has 2 aromatic carbocycles. The summed E-state index contributed by atoms with van der Waals surface area (Å²) in [5, 5.41) is 12.0. The molecule has 0 aliphatic heterocycles. The van der Waals surface area contributed by atoms with E-state index in [1.807, 2.05) is 0 Å². The van der Waals surface area contributed by atoms with Crippen molar-refractivity contribution in [3.63, 3.8) is 0 Å². The van der Waals surface area contributed by atoms with Crippen LogP contribution in [0.15, 0.2) is 47.4 Å². The van der Waals surface area contributed by atoms with Crippen molar-refractivity contribution >= 4 is 21.7 Å². The molecule has 0 heterocycles. The number of hydrogen-bond acceptors (Lipinski definition) is 4. The van der Waals surface area contributed by atoms with Gasteiger partial charge in [-0.3, -0.25) is 9.59 Å². The maximum atomic E-state index is 14.8. The van der Waals surface area contributed by atoms with Crippen LogP contribution in [-0.2, 0) is 36.3 Å². The van der Waals surface area contributed by atoms with E-state index >= 15 is 0 Å². The second kappa shape index (κ2) is 9.53. The van der Waals surface area contributed by atoms with Gasteiger partial charge in [-0.25, -0.2) is 17.2 Å². The van der Waals surface area contributed by atoms with Crippen molar-refractivity contribution in [1.82, 2.24) is 5.32 Å². The highest BCUT2D eigenvalue weighted by molar-refractivity contribution is 7.92. The van der Waals surface area contributed by atoms with Crippen LogP contribution in [0.2, 0.25) is 0 Å². The lowest BCUT2D eigenvalue weighted by atomic mass is 9.72. The highest BCUT2D eigenvalue weighted by Crippen LogP contribution is 2.59. The number of carboxylic acids is 1. The molecular weight excluding hydrogens is 557 g/mol.